The Bertz CT molecular complexity index is 1230. The molecule has 0 atom stereocenters. The highest BCUT2D eigenvalue weighted by Crippen LogP contribution is 2.42. The number of furan rings is 1. The average Bonchev–Trinajstić information content (AvgIpc) is 3.43. The summed E-state index contributed by atoms with van der Waals surface area (Å²) in [6.07, 6.45) is 5.15. The van der Waals surface area contributed by atoms with Crippen LogP contribution < -0.4 is 14.5 Å². The van der Waals surface area contributed by atoms with E-state index in [0.717, 1.165) is 46.5 Å². The van der Waals surface area contributed by atoms with Crippen LogP contribution >= 0.6 is 27.3 Å². The maximum absolute atomic E-state index is 12.7. The molecule has 1 saturated heterocycles. The molecule has 1 aromatic carbocycles. The minimum Gasteiger partial charge on any atom is -0.454 e. The first kappa shape index (κ1) is 21.1. The van der Waals surface area contributed by atoms with Gasteiger partial charge in [0.15, 0.2) is 10.9 Å². The summed E-state index contributed by atoms with van der Waals surface area (Å²) in [4.78, 5) is 20.2. The lowest BCUT2D eigenvalue weighted by Gasteiger charge is -2.18. The van der Waals surface area contributed by atoms with Crippen molar-refractivity contribution in [3.05, 3.63) is 28.4 Å². The van der Waals surface area contributed by atoms with E-state index >= 15 is 0 Å². The summed E-state index contributed by atoms with van der Waals surface area (Å²) in [7, 11) is -0.429. The number of halogens is 1. The van der Waals surface area contributed by atoms with E-state index in [1.165, 1.54) is 18.4 Å². The van der Waals surface area contributed by atoms with E-state index in [1.54, 1.807) is 25.4 Å². The van der Waals surface area contributed by atoms with Gasteiger partial charge in [0.1, 0.15) is 5.58 Å². The number of nitrogens with one attached hydrogen (secondary N) is 1. The Morgan fingerprint density at radius 1 is 1.33 bits per heavy atom. The monoisotopic (exact) mass is 512 g/mol. The minimum atomic E-state index is -3.46. The van der Waals surface area contributed by atoms with Crippen molar-refractivity contribution >= 4 is 65.0 Å². The largest absolute Gasteiger partial charge is 0.454 e. The molecule has 0 radical (unpaired) electrons. The van der Waals surface area contributed by atoms with Crippen LogP contribution in [0.4, 0.5) is 10.8 Å². The molecule has 1 aliphatic heterocycles. The summed E-state index contributed by atoms with van der Waals surface area (Å²) >= 11 is 4.92. The molecule has 0 aliphatic carbocycles. The molecule has 1 amide bonds. The summed E-state index contributed by atoms with van der Waals surface area (Å²) in [6.45, 7) is 1.95. The highest BCUT2D eigenvalue weighted by molar-refractivity contribution is 9.10. The number of fused-ring (bicyclic) bond motifs is 1. The Morgan fingerprint density at radius 2 is 2.03 bits per heavy atom. The molecule has 1 N–H and O–H groups in total. The van der Waals surface area contributed by atoms with E-state index in [0.29, 0.717) is 32.5 Å². The fourth-order valence-corrected chi connectivity index (χ4v) is 5.66. The van der Waals surface area contributed by atoms with Gasteiger partial charge in [0, 0.05) is 43.1 Å². The van der Waals surface area contributed by atoms with Crippen molar-refractivity contribution in [2.75, 3.05) is 42.6 Å². The SMILES string of the molecule is CNC(=O)c1c(-c2cnc(N3CCCC3)s2)oc2cc(N(C)S(C)(=O)=O)c(Br)cc12. The molecule has 2 aromatic heterocycles. The zero-order valence-electron chi connectivity index (χ0n) is 16.7. The van der Waals surface area contributed by atoms with Crippen LogP contribution in [-0.2, 0) is 10.0 Å². The van der Waals surface area contributed by atoms with E-state index in [4.69, 9.17) is 4.42 Å². The van der Waals surface area contributed by atoms with E-state index in [-0.39, 0.29) is 5.91 Å². The Morgan fingerprint density at radius 3 is 2.67 bits per heavy atom. The molecule has 3 heterocycles. The minimum absolute atomic E-state index is 0.281. The Kier molecular flexibility index (Phi) is 5.54. The maximum atomic E-state index is 12.7. The molecule has 0 spiro atoms. The zero-order chi connectivity index (χ0) is 21.6. The number of rotatable bonds is 5. The molecule has 1 fully saturated rings. The Labute approximate surface area is 187 Å². The van der Waals surface area contributed by atoms with Crippen molar-refractivity contribution < 1.29 is 17.6 Å². The van der Waals surface area contributed by atoms with Crippen LogP contribution in [0, 0.1) is 0 Å². The van der Waals surface area contributed by atoms with Gasteiger partial charge in [0.05, 0.1) is 28.6 Å². The second-order valence-electron chi connectivity index (χ2n) is 7.12. The predicted octanol–water partition coefficient (Wildman–Crippen LogP) is 3.67. The van der Waals surface area contributed by atoms with Gasteiger partial charge in [0.25, 0.3) is 5.91 Å². The summed E-state index contributed by atoms with van der Waals surface area (Å²) in [6, 6.07) is 3.34. The van der Waals surface area contributed by atoms with Gasteiger partial charge in [0.2, 0.25) is 10.0 Å². The van der Waals surface area contributed by atoms with Crippen molar-refractivity contribution in [1.82, 2.24) is 10.3 Å². The van der Waals surface area contributed by atoms with Gasteiger partial charge in [-0.15, -0.1) is 0 Å². The quantitative estimate of drug-likeness (QED) is 0.560. The topological polar surface area (TPSA) is 95.8 Å². The second kappa shape index (κ2) is 7.86. The number of thiazole rings is 1. The summed E-state index contributed by atoms with van der Waals surface area (Å²) < 4.78 is 31.8. The summed E-state index contributed by atoms with van der Waals surface area (Å²) in [5.74, 6) is 0.148. The van der Waals surface area contributed by atoms with E-state index < -0.39 is 10.0 Å². The molecule has 0 saturated carbocycles. The number of benzene rings is 1. The first-order valence-corrected chi connectivity index (χ1v) is 12.8. The van der Waals surface area contributed by atoms with Crippen LogP contribution in [0.2, 0.25) is 0 Å². The van der Waals surface area contributed by atoms with Gasteiger partial charge >= 0.3 is 0 Å². The molecule has 30 heavy (non-hydrogen) atoms. The molecular formula is C19H21BrN4O4S2. The molecule has 0 unspecified atom stereocenters. The Balaban J connectivity index is 1.88. The number of amides is 1. The van der Waals surface area contributed by atoms with Crippen LogP contribution in [0.1, 0.15) is 23.2 Å². The second-order valence-corrected chi connectivity index (χ2v) is 11.0. The highest BCUT2D eigenvalue weighted by atomic mass is 79.9. The highest BCUT2D eigenvalue weighted by Gasteiger charge is 2.26. The van der Waals surface area contributed by atoms with Crippen LogP contribution in [0.25, 0.3) is 21.6 Å². The molecule has 8 nitrogen and oxygen atoms in total. The van der Waals surface area contributed by atoms with Gasteiger partial charge in [-0.3, -0.25) is 9.10 Å². The Hall–Kier alpha value is -2.11. The van der Waals surface area contributed by atoms with E-state index in [9.17, 15) is 13.2 Å². The van der Waals surface area contributed by atoms with Gasteiger partial charge in [-0.05, 0) is 34.8 Å². The number of anilines is 2. The molecule has 0 bridgehead atoms. The van der Waals surface area contributed by atoms with E-state index in [2.05, 4.69) is 31.1 Å². The third-order valence-corrected chi connectivity index (χ3v) is 8.03. The van der Waals surface area contributed by atoms with Crippen molar-refractivity contribution in [2.24, 2.45) is 0 Å². The third kappa shape index (κ3) is 3.69. The van der Waals surface area contributed by atoms with Gasteiger partial charge in [-0.1, -0.05) is 11.3 Å². The van der Waals surface area contributed by atoms with Crippen LogP contribution in [0.3, 0.4) is 0 Å². The molecule has 4 rings (SSSR count). The number of carbonyl (C=O) groups is 1. The molecule has 3 aromatic rings. The number of carbonyl (C=O) groups excluding carboxylic acids is 1. The standard InChI is InChI=1S/C19H21BrN4O4S2/c1-21-18(25)16-11-8-12(20)13(23(2)30(3,26)27)9-14(11)28-17(16)15-10-22-19(29-15)24-6-4-5-7-24/h8-10H,4-7H2,1-3H3,(H,21,25). The number of nitrogens with zero attached hydrogens (tertiary/aromatic N) is 3. The zero-order valence-corrected chi connectivity index (χ0v) is 19.9. The van der Waals surface area contributed by atoms with Gasteiger partial charge in [-0.2, -0.15) is 0 Å². The molecule has 160 valence electrons. The van der Waals surface area contributed by atoms with Gasteiger partial charge < -0.3 is 14.6 Å². The van der Waals surface area contributed by atoms with Crippen LogP contribution in [-0.4, -0.2) is 52.7 Å². The molecule has 11 heteroatoms. The van der Waals surface area contributed by atoms with Crippen molar-refractivity contribution in [3.63, 3.8) is 0 Å². The smallest absolute Gasteiger partial charge is 0.255 e. The number of hydrogen-bond acceptors (Lipinski definition) is 7. The van der Waals surface area contributed by atoms with Gasteiger partial charge in [-0.25, -0.2) is 13.4 Å². The maximum Gasteiger partial charge on any atom is 0.255 e. The summed E-state index contributed by atoms with van der Waals surface area (Å²) in [5, 5.41) is 4.17. The lowest BCUT2D eigenvalue weighted by molar-refractivity contribution is 0.0964. The molecule has 1 aliphatic rings. The first-order chi connectivity index (χ1) is 14.2. The number of sulfonamides is 1. The predicted molar refractivity (Wildman–Crippen MR) is 123 cm³/mol. The lowest BCUT2D eigenvalue weighted by Crippen LogP contribution is -2.25. The fourth-order valence-electron chi connectivity index (χ4n) is 3.47. The van der Waals surface area contributed by atoms with Crippen LogP contribution in [0.5, 0.6) is 0 Å². The average molecular weight is 513 g/mol. The van der Waals surface area contributed by atoms with Crippen LogP contribution in [0.15, 0.2) is 27.2 Å². The number of aromatic nitrogens is 1. The summed E-state index contributed by atoms with van der Waals surface area (Å²) in [5.41, 5.74) is 1.25. The van der Waals surface area contributed by atoms with E-state index in [1.807, 2.05) is 0 Å². The van der Waals surface area contributed by atoms with Crippen molar-refractivity contribution in [2.45, 2.75) is 12.8 Å². The normalized spacial score (nSPS) is 14.5. The van der Waals surface area contributed by atoms with Crippen molar-refractivity contribution in [1.29, 1.82) is 0 Å². The van der Waals surface area contributed by atoms with Crippen molar-refractivity contribution in [3.8, 4) is 10.6 Å². The fraction of sp³-hybridized carbons (Fsp3) is 0.368. The lowest BCUT2D eigenvalue weighted by atomic mass is 10.1. The first-order valence-electron chi connectivity index (χ1n) is 9.34. The third-order valence-electron chi connectivity index (χ3n) is 5.14. The number of hydrogen-bond donors (Lipinski definition) is 1. The molecular weight excluding hydrogens is 492 g/mol.